The number of aliphatic hydroxyl groups is 1. The number of hydrogen-bond donors (Lipinski definition) is 1. The number of hydrogen-bond acceptors (Lipinski definition) is 8. The lowest BCUT2D eigenvalue weighted by Gasteiger charge is -2.23. The Morgan fingerprint density at radius 2 is 1.56 bits per heavy atom. The molecule has 0 radical (unpaired) electrons. The number of thiazole rings is 1. The summed E-state index contributed by atoms with van der Waals surface area (Å²) in [5.74, 6) is -0.0487. The van der Waals surface area contributed by atoms with Crippen LogP contribution in [0, 0.1) is 0 Å². The van der Waals surface area contributed by atoms with Gasteiger partial charge in [0.05, 0.1) is 43.2 Å². The predicted octanol–water partition coefficient (Wildman–Crippen LogP) is 4.95. The third-order valence-corrected chi connectivity index (χ3v) is 7.03. The number of methoxy groups -OCH3 is 3. The summed E-state index contributed by atoms with van der Waals surface area (Å²) >= 11 is 1.26. The minimum absolute atomic E-state index is 0.0322. The molecule has 1 N–H and O–H groups in total. The number of aliphatic hydroxyl groups excluding tert-OH is 1. The van der Waals surface area contributed by atoms with Gasteiger partial charge in [-0.3, -0.25) is 14.5 Å². The summed E-state index contributed by atoms with van der Waals surface area (Å²) < 4.78 is 16.7. The topological polar surface area (TPSA) is 98.2 Å². The molecule has 0 aliphatic carbocycles. The number of rotatable bonds is 6. The average molecular weight is 503 g/mol. The second kappa shape index (κ2) is 9.35. The Morgan fingerprint density at radius 1 is 0.889 bits per heavy atom. The van der Waals surface area contributed by atoms with Gasteiger partial charge in [0, 0.05) is 5.56 Å². The number of anilines is 1. The molecule has 8 nitrogen and oxygen atoms in total. The Kier molecular flexibility index (Phi) is 6.07. The average Bonchev–Trinajstić information content (AvgIpc) is 3.45. The molecule has 1 saturated heterocycles. The van der Waals surface area contributed by atoms with Gasteiger partial charge >= 0.3 is 5.91 Å². The highest BCUT2D eigenvalue weighted by Crippen LogP contribution is 2.45. The lowest BCUT2D eigenvalue weighted by atomic mass is 9.95. The van der Waals surface area contributed by atoms with Crippen molar-refractivity contribution in [2.75, 3.05) is 26.2 Å². The molecule has 1 atom stereocenters. The van der Waals surface area contributed by atoms with Crippen molar-refractivity contribution in [2.45, 2.75) is 6.04 Å². The van der Waals surface area contributed by atoms with Crippen molar-refractivity contribution in [3.63, 3.8) is 0 Å². The lowest BCUT2D eigenvalue weighted by molar-refractivity contribution is -0.132. The fourth-order valence-corrected chi connectivity index (χ4v) is 5.20. The summed E-state index contributed by atoms with van der Waals surface area (Å²) in [5.41, 5.74) is 1.61. The van der Waals surface area contributed by atoms with Crippen LogP contribution in [0.4, 0.5) is 5.13 Å². The van der Waals surface area contributed by atoms with E-state index >= 15 is 0 Å². The largest absolute Gasteiger partial charge is 0.507 e. The van der Waals surface area contributed by atoms with Gasteiger partial charge in [0.15, 0.2) is 5.13 Å². The third-order valence-electron chi connectivity index (χ3n) is 6.01. The van der Waals surface area contributed by atoms with Crippen LogP contribution in [-0.2, 0) is 9.59 Å². The normalized spacial score (nSPS) is 17.0. The molecule has 36 heavy (non-hydrogen) atoms. The summed E-state index contributed by atoms with van der Waals surface area (Å²) in [4.78, 5) is 32.7. The van der Waals surface area contributed by atoms with Crippen LogP contribution < -0.4 is 19.1 Å². The van der Waals surface area contributed by atoms with E-state index in [0.717, 1.165) is 4.70 Å². The Hall–Kier alpha value is -4.37. The molecule has 1 amide bonds. The second-order valence-electron chi connectivity index (χ2n) is 8.00. The Morgan fingerprint density at radius 3 is 2.25 bits per heavy atom. The quantitative estimate of drug-likeness (QED) is 0.226. The first-order valence-corrected chi connectivity index (χ1v) is 11.8. The number of amides is 1. The Bertz CT molecular complexity index is 1510. The fraction of sp³-hybridized carbons (Fsp3) is 0.148. The monoisotopic (exact) mass is 502 g/mol. The molecule has 1 aliphatic rings. The van der Waals surface area contributed by atoms with E-state index in [2.05, 4.69) is 4.98 Å². The van der Waals surface area contributed by atoms with Crippen LogP contribution in [0.25, 0.3) is 16.0 Å². The number of benzene rings is 3. The molecular weight excluding hydrogens is 480 g/mol. The number of aromatic nitrogens is 1. The molecule has 1 aliphatic heterocycles. The van der Waals surface area contributed by atoms with Gasteiger partial charge in [-0.2, -0.15) is 0 Å². The number of carbonyl (C=O) groups is 2. The van der Waals surface area contributed by atoms with Gasteiger partial charge in [-0.05, 0) is 60.2 Å². The van der Waals surface area contributed by atoms with E-state index in [4.69, 9.17) is 14.2 Å². The number of Topliss-reactive ketones (excluding diaryl/α,β-unsaturated/α-hetero) is 1. The maximum absolute atomic E-state index is 13.4. The number of nitrogens with zero attached hydrogens (tertiary/aromatic N) is 2. The summed E-state index contributed by atoms with van der Waals surface area (Å²) in [6.45, 7) is 0. The van der Waals surface area contributed by atoms with Crippen LogP contribution in [0.5, 0.6) is 17.2 Å². The van der Waals surface area contributed by atoms with Crippen molar-refractivity contribution in [3.8, 4) is 17.2 Å². The SMILES string of the molecule is COc1ccc(C(O)=C2C(=O)C(=O)N(c3nc4ccc(OC)cc4s3)[C@@H]2c2cccc(OC)c2)cc1. The van der Waals surface area contributed by atoms with Gasteiger partial charge in [-0.15, -0.1) is 0 Å². The van der Waals surface area contributed by atoms with Crippen molar-refractivity contribution in [1.29, 1.82) is 0 Å². The molecule has 0 unspecified atom stereocenters. The van der Waals surface area contributed by atoms with E-state index in [0.29, 0.717) is 39.0 Å². The molecule has 1 aromatic heterocycles. The van der Waals surface area contributed by atoms with Crippen LogP contribution >= 0.6 is 11.3 Å². The van der Waals surface area contributed by atoms with Crippen LogP contribution in [0.3, 0.4) is 0 Å². The van der Waals surface area contributed by atoms with E-state index in [-0.39, 0.29) is 11.3 Å². The molecule has 3 aromatic carbocycles. The highest BCUT2D eigenvalue weighted by atomic mass is 32.1. The van der Waals surface area contributed by atoms with Gasteiger partial charge < -0.3 is 19.3 Å². The molecule has 4 aromatic rings. The van der Waals surface area contributed by atoms with Gasteiger partial charge in [0.1, 0.15) is 23.0 Å². The van der Waals surface area contributed by atoms with Crippen molar-refractivity contribution >= 4 is 44.1 Å². The van der Waals surface area contributed by atoms with Gasteiger partial charge in [0.25, 0.3) is 5.78 Å². The van der Waals surface area contributed by atoms with Crippen molar-refractivity contribution in [1.82, 2.24) is 4.98 Å². The summed E-state index contributed by atoms with van der Waals surface area (Å²) in [6, 6.07) is 18.2. The van der Waals surface area contributed by atoms with Gasteiger partial charge in [-0.1, -0.05) is 23.5 Å². The minimum atomic E-state index is -0.912. The van der Waals surface area contributed by atoms with Crippen molar-refractivity contribution in [2.24, 2.45) is 0 Å². The number of carbonyl (C=O) groups excluding carboxylic acids is 2. The van der Waals surface area contributed by atoms with E-state index in [9.17, 15) is 14.7 Å². The highest BCUT2D eigenvalue weighted by molar-refractivity contribution is 7.22. The molecule has 0 bridgehead atoms. The summed E-state index contributed by atoms with van der Waals surface area (Å²) in [7, 11) is 4.65. The lowest BCUT2D eigenvalue weighted by Crippen LogP contribution is -2.29. The molecule has 1 fully saturated rings. The van der Waals surface area contributed by atoms with Crippen LogP contribution in [0.2, 0.25) is 0 Å². The zero-order chi connectivity index (χ0) is 25.4. The highest BCUT2D eigenvalue weighted by Gasteiger charge is 2.48. The molecule has 2 heterocycles. The van der Waals surface area contributed by atoms with E-state index in [1.165, 1.54) is 30.5 Å². The summed E-state index contributed by atoms with van der Waals surface area (Å²) in [6.07, 6.45) is 0. The van der Waals surface area contributed by atoms with Gasteiger partial charge in [-0.25, -0.2) is 4.98 Å². The third kappa shape index (κ3) is 3.93. The zero-order valence-corrected chi connectivity index (χ0v) is 20.5. The second-order valence-corrected chi connectivity index (χ2v) is 9.01. The van der Waals surface area contributed by atoms with E-state index in [1.807, 2.05) is 6.07 Å². The maximum Gasteiger partial charge on any atom is 0.301 e. The van der Waals surface area contributed by atoms with Crippen molar-refractivity contribution < 1.29 is 28.9 Å². The van der Waals surface area contributed by atoms with E-state index in [1.54, 1.807) is 67.8 Å². The maximum atomic E-state index is 13.4. The van der Waals surface area contributed by atoms with Crippen LogP contribution in [0.15, 0.2) is 72.3 Å². The van der Waals surface area contributed by atoms with Gasteiger partial charge in [0.2, 0.25) is 0 Å². The van der Waals surface area contributed by atoms with Crippen LogP contribution in [-0.4, -0.2) is 43.1 Å². The number of fused-ring (bicyclic) bond motifs is 1. The molecule has 5 rings (SSSR count). The molecule has 0 spiro atoms. The molecule has 0 saturated carbocycles. The van der Waals surface area contributed by atoms with Crippen LogP contribution in [0.1, 0.15) is 17.2 Å². The standard InChI is InChI=1S/C27H22N2O6S/c1-33-17-9-7-15(8-10-17)24(30)22-23(16-5-4-6-18(13-16)34-2)29(26(32)25(22)31)27-28-20-12-11-19(35-3)14-21(20)36-27/h4-14,23,30H,1-3H3/t23-/m1/s1. The molecule has 182 valence electrons. The number of ketones is 1. The zero-order valence-electron chi connectivity index (χ0n) is 19.7. The molecular formula is C27H22N2O6S. The van der Waals surface area contributed by atoms with Crippen molar-refractivity contribution in [3.05, 3.63) is 83.4 Å². The number of ether oxygens (including phenoxy) is 3. The first-order chi connectivity index (χ1) is 17.4. The van der Waals surface area contributed by atoms with E-state index < -0.39 is 17.7 Å². The first kappa shape index (κ1) is 23.4. The first-order valence-electron chi connectivity index (χ1n) is 11.0. The minimum Gasteiger partial charge on any atom is -0.507 e. The molecule has 9 heteroatoms. The summed E-state index contributed by atoms with van der Waals surface area (Å²) in [5, 5.41) is 11.6. The smallest absolute Gasteiger partial charge is 0.301 e. The fourth-order valence-electron chi connectivity index (χ4n) is 4.18. The predicted molar refractivity (Wildman–Crippen MR) is 137 cm³/mol. The Labute approximate surface area is 211 Å². The Balaban J connectivity index is 1.71.